The number of hydrogen-bond donors (Lipinski definition) is 4. The molecule has 1 fully saturated rings. The highest BCUT2D eigenvalue weighted by molar-refractivity contribution is 7.54. The molecule has 0 unspecified atom stereocenters. The highest BCUT2D eigenvalue weighted by atomic mass is 31.2. The Kier molecular flexibility index (Phi) is 14.0. The van der Waals surface area contributed by atoms with E-state index in [4.69, 9.17) is 27.6 Å². The SMILES string of the molecule is CCOP(=O)(OCC)[C@@H](N[C@@H]1CCCC[C@H]1N[C@@H](c1cc(OC)ccc1O)P(=O)(OCC)OCC)c1cc(OC)ccc1O. The highest BCUT2D eigenvalue weighted by Gasteiger charge is 2.45. The number of hydrogen-bond acceptors (Lipinski definition) is 12. The van der Waals surface area contributed by atoms with Gasteiger partial charge in [-0.05, 0) is 76.9 Å². The summed E-state index contributed by atoms with van der Waals surface area (Å²) in [6.45, 7) is 7.38. The minimum Gasteiger partial charge on any atom is -0.508 e. The van der Waals surface area contributed by atoms with Gasteiger partial charge >= 0.3 is 15.2 Å². The van der Waals surface area contributed by atoms with Crippen molar-refractivity contribution < 1.29 is 46.9 Å². The maximum absolute atomic E-state index is 14.3. The van der Waals surface area contributed by atoms with E-state index in [9.17, 15) is 19.3 Å². The van der Waals surface area contributed by atoms with Crippen LogP contribution in [0, 0.1) is 0 Å². The lowest BCUT2D eigenvalue weighted by Crippen LogP contribution is -2.51. The summed E-state index contributed by atoms with van der Waals surface area (Å²) >= 11 is 0. The molecule has 0 aliphatic heterocycles. The first-order chi connectivity index (χ1) is 21.1. The zero-order chi connectivity index (χ0) is 32.3. The third kappa shape index (κ3) is 8.77. The van der Waals surface area contributed by atoms with Crippen molar-refractivity contribution in [1.82, 2.24) is 10.6 Å². The molecule has 14 heteroatoms. The van der Waals surface area contributed by atoms with E-state index in [2.05, 4.69) is 10.6 Å². The van der Waals surface area contributed by atoms with Crippen LogP contribution in [0.5, 0.6) is 23.0 Å². The Morgan fingerprint density at radius 3 is 1.32 bits per heavy atom. The van der Waals surface area contributed by atoms with E-state index in [1.807, 2.05) is 0 Å². The van der Waals surface area contributed by atoms with Crippen molar-refractivity contribution in [2.75, 3.05) is 40.6 Å². The average molecular weight is 659 g/mol. The van der Waals surface area contributed by atoms with Gasteiger partial charge in [0.15, 0.2) is 0 Å². The molecule has 0 radical (unpaired) electrons. The molecule has 248 valence electrons. The molecule has 0 heterocycles. The Bertz CT molecular complexity index is 1180. The molecule has 3 rings (SSSR count). The predicted octanol–water partition coefficient (Wildman–Crippen LogP) is 6.84. The lowest BCUT2D eigenvalue weighted by molar-refractivity contribution is 0.185. The topological polar surface area (TPSA) is 154 Å². The van der Waals surface area contributed by atoms with Gasteiger partial charge in [0, 0.05) is 23.2 Å². The van der Waals surface area contributed by atoms with Crippen molar-refractivity contribution in [3.63, 3.8) is 0 Å². The zero-order valence-electron chi connectivity index (χ0n) is 26.5. The quantitative estimate of drug-likeness (QED) is 0.124. The van der Waals surface area contributed by atoms with Crippen molar-refractivity contribution in [3.05, 3.63) is 47.5 Å². The van der Waals surface area contributed by atoms with E-state index < -0.39 is 26.8 Å². The second kappa shape index (κ2) is 17.0. The molecule has 44 heavy (non-hydrogen) atoms. The Labute approximate surface area is 260 Å². The average Bonchev–Trinajstić information content (AvgIpc) is 3.00. The summed E-state index contributed by atoms with van der Waals surface area (Å²) in [5.74, 6) is -1.38. The van der Waals surface area contributed by atoms with Crippen molar-refractivity contribution >= 4 is 15.2 Å². The minimum absolute atomic E-state index is 0.0976. The van der Waals surface area contributed by atoms with Crippen LogP contribution in [0.3, 0.4) is 0 Å². The largest absolute Gasteiger partial charge is 0.508 e. The van der Waals surface area contributed by atoms with Crippen molar-refractivity contribution in [2.45, 2.75) is 77.0 Å². The van der Waals surface area contributed by atoms with Crippen LogP contribution >= 0.6 is 15.2 Å². The first kappa shape index (κ1) is 36.3. The number of phenolic OH excluding ortho intramolecular Hbond substituents is 2. The number of aromatic hydroxyl groups is 2. The van der Waals surface area contributed by atoms with Gasteiger partial charge in [-0.15, -0.1) is 0 Å². The van der Waals surface area contributed by atoms with E-state index in [1.165, 1.54) is 26.4 Å². The maximum Gasteiger partial charge on any atom is 0.352 e. The van der Waals surface area contributed by atoms with Gasteiger partial charge in [-0.2, -0.15) is 0 Å². The molecule has 4 N–H and O–H groups in total. The summed E-state index contributed by atoms with van der Waals surface area (Å²) in [7, 11) is -4.75. The van der Waals surface area contributed by atoms with Crippen LogP contribution in [-0.2, 0) is 27.2 Å². The number of methoxy groups -OCH3 is 2. The molecule has 0 spiro atoms. The van der Waals surface area contributed by atoms with Crippen molar-refractivity contribution in [1.29, 1.82) is 0 Å². The van der Waals surface area contributed by atoms with Crippen molar-refractivity contribution in [2.24, 2.45) is 0 Å². The van der Waals surface area contributed by atoms with E-state index >= 15 is 0 Å². The molecule has 4 atom stereocenters. The normalized spacial score (nSPS) is 19.0. The smallest absolute Gasteiger partial charge is 0.352 e. The van der Waals surface area contributed by atoms with Crippen LogP contribution in [-0.4, -0.2) is 62.9 Å². The fourth-order valence-corrected chi connectivity index (χ4v) is 9.52. The summed E-state index contributed by atoms with van der Waals surface area (Å²) in [6, 6.07) is 8.67. The molecule has 0 saturated heterocycles. The summed E-state index contributed by atoms with van der Waals surface area (Å²) in [5.41, 5.74) is 0.602. The van der Waals surface area contributed by atoms with Gasteiger partial charge in [0.05, 0.1) is 40.6 Å². The number of phenols is 2. The molecule has 0 amide bonds. The van der Waals surface area contributed by atoms with Crippen molar-refractivity contribution in [3.8, 4) is 23.0 Å². The lowest BCUT2D eigenvalue weighted by atomic mass is 9.89. The zero-order valence-corrected chi connectivity index (χ0v) is 28.3. The third-order valence-electron chi connectivity index (χ3n) is 7.44. The first-order valence-corrected chi connectivity index (χ1v) is 18.3. The van der Waals surface area contributed by atoms with Gasteiger partial charge in [-0.3, -0.25) is 19.8 Å². The standard InChI is InChI=1S/C30H48N2O10P2/c1-7-39-43(35,40-8-2)29(23-19-21(37-5)15-17-27(23)33)31-25-13-11-12-14-26(25)32-30(44(36,41-9-3)42-10-4)24-20-22(38-6)16-18-28(24)34/h15-20,25-26,29-34H,7-14H2,1-6H3/t25-,26-,29-,30-/m1/s1. The maximum atomic E-state index is 14.3. The number of nitrogens with one attached hydrogen (secondary N) is 2. The molecule has 1 aliphatic rings. The summed E-state index contributed by atoms with van der Waals surface area (Å²) < 4.78 is 62.5. The molecule has 2 aromatic carbocycles. The van der Waals surface area contributed by atoms with Crippen LogP contribution in [0.2, 0.25) is 0 Å². The van der Waals surface area contributed by atoms with Gasteiger partial charge in [0.1, 0.15) is 34.6 Å². The molecule has 0 bridgehead atoms. The molecule has 1 aliphatic carbocycles. The molecule has 0 aromatic heterocycles. The number of benzene rings is 2. The van der Waals surface area contributed by atoms with Crippen LogP contribution in [0.25, 0.3) is 0 Å². The van der Waals surface area contributed by atoms with E-state index in [0.717, 1.165) is 12.8 Å². The van der Waals surface area contributed by atoms with Crippen LogP contribution in [0.1, 0.15) is 76.1 Å². The van der Waals surface area contributed by atoms with E-state index in [-0.39, 0.29) is 50.0 Å². The number of rotatable bonds is 18. The first-order valence-electron chi connectivity index (χ1n) is 15.1. The van der Waals surface area contributed by atoms with Gasteiger partial charge < -0.3 is 37.8 Å². The van der Waals surface area contributed by atoms with E-state index in [1.54, 1.807) is 52.0 Å². The second-order valence-corrected chi connectivity index (χ2v) is 14.5. The van der Waals surface area contributed by atoms with Crippen LogP contribution in [0.4, 0.5) is 0 Å². The minimum atomic E-state index is -3.88. The van der Waals surface area contributed by atoms with Gasteiger partial charge in [0.25, 0.3) is 0 Å². The summed E-state index contributed by atoms with van der Waals surface area (Å²) in [4.78, 5) is 0. The third-order valence-corrected chi connectivity index (χ3v) is 12.0. The predicted molar refractivity (Wildman–Crippen MR) is 169 cm³/mol. The summed E-state index contributed by atoms with van der Waals surface area (Å²) in [5, 5.41) is 28.9. The lowest BCUT2D eigenvalue weighted by Gasteiger charge is -2.40. The highest BCUT2D eigenvalue weighted by Crippen LogP contribution is 2.63. The van der Waals surface area contributed by atoms with Crippen LogP contribution in [0.15, 0.2) is 36.4 Å². The van der Waals surface area contributed by atoms with Gasteiger partial charge in [0.2, 0.25) is 0 Å². The van der Waals surface area contributed by atoms with Gasteiger partial charge in [-0.25, -0.2) is 0 Å². The molecular weight excluding hydrogens is 610 g/mol. The number of ether oxygens (including phenoxy) is 2. The Hall–Kier alpha value is -2.14. The fraction of sp³-hybridized carbons (Fsp3) is 0.600. The molecular formula is C30H48N2O10P2. The second-order valence-electron chi connectivity index (χ2n) is 10.2. The van der Waals surface area contributed by atoms with E-state index in [0.29, 0.717) is 35.5 Å². The Morgan fingerprint density at radius 2 is 1.02 bits per heavy atom. The molecule has 2 aromatic rings. The Morgan fingerprint density at radius 1 is 0.682 bits per heavy atom. The Balaban J connectivity index is 2.11. The summed E-state index contributed by atoms with van der Waals surface area (Å²) in [6.07, 6.45) is 3.04. The van der Waals surface area contributed by atoms with Gasteiger partial charge in [-0.1, -0.05) is 12.8 Å². The molecule has 1 saturated carbocycles. The monoisotopic (exact) mass is 658 g/mol. The van der Waals surface area contributed by atoms with Crippen LogP contribution < -0.4 is 20.1 Å². The molecule has 12 nitrogen and oxygen atoms in total. The fourth-order valence-electron chi connectivity index (χ4n) is 5.49.